The van der Waals surface area contributed by atoms with Crippen molar-refractivity contribution in [1.29, 1.82) is 0 Å². The first-order valence-electron chi connectivity index (χ1n) is 9.20. The third-order valence-corrected chi connectivity index (χ3v) is 6.53. The van der Waals surface area contributed by atoms with Crippen molar-refractivity contribution in [2.24, 2.45) is 0 Å². The van der Waals surface area contributed by atoms with Crippen LogP contribution in [-0.2, 0) is 19.5 Å². The second kappa shape index (κ2) is 9.43. The second-order valence-corrected chi connectivity index (χ2v) is 8.86. The molecule has 1 saturated heterocycles. The lowest BCUT2D eigenvalue weighted by molar-refractivity contribution is 0.0161. The molecule has 0 amide bonds. The van der Waals surface area contributed by atoms with E-state index < -0.39 is 16.0 Å². The number of carbonyl (C=O) groups is 1. The number of esters is 1. The van der Waals surface area contributed by atoms with Crippen molar-refractivity contribution in [2.45, 2.75) is 23.8 Å². The van der Waals surface area contributed by atoms with Crippen LogP contribution in [0.3, 0.4) is 0 Å². The van der Waals surface area contributed by atoms with Gasteiger partial charge in [-0.15, -0.1) is 6.58 Å². The summed E-state index contributed by atoms with van der Waals surface area (Å²) in [6.07, 6.45) is 3.18. The molecule has 1 atom stereocenters. The highest BCUT2D eigenvalue weighted by molar-refractivity contribution is 7.92. The summed E-state index contributed by atoms with van der Waals surface area (Å²) in [5, 5.41) is 0.501. The third kappa shape index (κ3) is 5.18. The van der Waals surface area contributed by atoms with E-state index in [1.54, 1.807) is 24.3 Å². The van der Waals surface area contributed by atoms with E-state index in [0.717, 1.165) is 12.8 Å². The number of hydrogen-bond acceptors (Lipinski definition) is 5. The second-order valence-electron chi connectivity index (χ2n) is 6.56. The lowest BCUT2D eigenvalue weighted by atomic mass is 10.2. The van der Waals surface area contributed by atoms with E-state index in [1.165, 1.54) is 34.6 Å². The van der Waals surface area contributed by atoms with Crippen molar-refractivity contribution in [1.82, 2.24) is 0 Å². The maximum absolute atomic E-state index is 13.2. The van der Waals surface area contributed by atoms with Gasteiger partial charge in [0.1, 0.15) is 6.61 Å². The molecular weight excluding hydrogens is 414 g/mol. The Morgan fingerprint density at radius 2 is 2.03 bits per heavy atom. The standard InChI is InChI=1S/C21H22ClNO5S/c1-2-12-23(18-10-8-17(22)9-11-18)29(25,26)20-7-3-5-16(14-20)21(24)28-15-19-6-4-13-27-19/h2-3,5,7-11,14,19H,1,4,6,12-13,15H2/t19-/m1/s1. The minimum absolute atomic E-state index is 0.0131. The predicted molar refractivity (Wildman–Crippen MR) is 112 cm³/mol. The largest absolute Gasteiger partial charge is 0.459 e. The molecule has 0 N–H and O–H groups in total. The van der Waals surface area contributed by atoms with Crippen molar-refractivity contribution in [2.75, 3.05) is 24.1 Å². The number of hydrogen-bond donors (Lipinski definition) is 0. The summed E-state index contributed by atoms with van der Waals surface area (Å²) in [5.74, 6) is -0.584. The van der Waals surface area contributed by atoms with Crippen LogP contribution in [0, 0.1) is 0 Å². The molecule has 1 heterocycles. The maximum Gasteiger partial charge on any atom is 0.338 e. The molecule has 29 heavy (non-hydrogen) atoms. The summed E-state index contributed by atoms with van der Waals surface area (Å²) < 4.78 is 38.4. The molecular formula is C21H22ClNO5S. The molecule has 0 unspecified atom stereocenters. The average molecular weight is 436 g/mol. The Bertz CT molecular complexity index is 969. The van der Waals surface area contributed by atoms with E-state index in [0.29, 0.717) is 17.3 Å². The number of rotatable bonds is 8. The first kappa shape index (κ1) is 21.4. The van der Waals surface area contributed by atoms with Gasteiger partial charge in [-0.2, -0.15) is 0 Å². The van der Waals surface area contributed by atoms with Gasteiger partial charge in [0.2, 0.25) is 0 Å². The number of halogens is 1. The molecule has 0 saturated carbocycles. The molecule has 154 valence electrons. The molecule has 0 aliphatic carbocycles. The summed E-state index contributed by atoms with van der Waals surface area (Å²) in [7, 11) is -3.93. The van der Waals surface area contributed by atoms with Crippen LogP contribution in [0.1, 0.15) is 23.2 Å². The van der Waals surface area contributed by atoms with Gasteiger partial charge in [0.05, 0.1) is 28.8 Å². The SMILES string of the molecule is C=CCN(c1ccc(Cl)cc1)S(=O)(=O)c1cccc(C(=O)OC[C@H]2CCCO2)c1. The smallest absolute Gasteiger partial charge is 0.338 e. The highest BCUT2D eigenvalue weighted by atomic mass is 35.5. The molecule has 2 aromatic carbocycles. The summed E-state index contributed by atoms with van der Waals surface area (Å²) in [6.45, 7) is 4.53. The van der Waals surface area contributed by atoms with Gasteiger partial charge in [0, 0.05) is 11.6 Å². The van der Waals surface area contributed by atoms with Crippen LogP contribution in [0.4, 0.5) is 5.69 Å². The van der Waals surface area contributed by atoms with E-state index in [-0.39, 0.29) is 29.7 Å². The van der Waals surface area contributed by atoms with Gasteiger partial charge in [-0.3, -0.25) is 4.31 Å². The van der Waals surface area contributed by atoms with E-state index in [9.17, 15) is 13.2 Å². The van der Waals surface area contributed by atoms with Crippen LogP contribution in [0.15, 0.2) is 66.1 Å². The maximum atomic E-state index is 13.2. The van der Waals surface area contributed by atoms with Crippen LogP contribution in [0.25, 0.3) is 0 Å². The zero-order chi connectivity index (χ0) is 20.9. The number of benzene rings is 2. The minimum atomic E-state index is -3.93. The van der Waals surface area contributed by atoms with Crippen LogP contribution >= 0.6 is 11.6 Å². The molecule has 1 aliphatic rings. The van der Waals surface area contributed by atoms with Crippen molar-refractivity contribution in [3.05, 3.63) is 71.8 Å². The number of ether oxygens (including phenoxy) is 2. The fraction of sp³-hybridized carbons (Fsp3) is 0.286. The average Bonchev–Trinajstić information content (AvgIpc) is 3.25. The summed E-state index contributed by atoms with van der Waals surface area (Å²) in [4.78, 5) is 12.4. The van der Waals surface area contributed by atoms with Gasteiger partial charge < -0.3 is 9.47 Å². The Morgan fingerprint density at radius 1 is 1.28 bits per heavy atom. The highest BCUT2D eigenvalue weighted by Crippen LogP contribution is 2.26. The number of carbonyl (C=O) groups excluding carboxylic acids is 1. The monoisotopic (exact) mass is 435 g/mol. The fourth-order valence-electron chi connectivity index (χ4n) is 3.01. The molecule has 0 bridgehead atoms. The molecule has 1 aliphatic heterocycles. The first-order chi connectivity index (χ1) is 13.9. The van der Waals surface area contributed by atoms with Crippen LogP contribution < -0.4 is 4.31 Å². The van der Waals surface area contributed by atoms with Gasteiger partial charge in [-0.25, -0.2) is 13.2 Å². The first-order valence-corrected chi connectivity index (χ1v) is 11.0. The number of sulfonamides is 1. The fourth-order valence-corrected chi connectivity index (χ4v) is 4.61. The van der Waals surface area contributed by atoms with Crippen LogP contribution in [0.2, 0.25) is 5.02 Å². The minimum Gasteiger partial charge on any atom is -0.459 e. The molecule has 0 spiro atoms. The Balaban J connectivity index is 1.83. The third-order valence-electron chi connectivity index (χ3n) is 4.49. The molecule has 8 heteroatoms. The van der Waals surface area contributed by atoms with Crippen molar-refractivity contribution >= 4 is 33.3 Å². The van der Waals surface area contributed by atoms with Gasteiger partial charge in [0.25, 0.3) is 10.0 Å². The zero-order valence-corrected chi connectivity index (χ0v) is 17.4. The Morgan fingerprint density at radius 3 is 2.69 bits per heavy atom. The van der Waals surface area contributed by atoms with Crippen molar-refractivity contribution in [3.8, 4) is 0 Å². The number of nitrogens with zero attached hydrogens (tertiary/aromatic N) is 1. The van der Waals surface area contributed by atoms with E-state index in [4.69, 9.17) is 21.1 Å². The van der Waals surface area contributed by atoms with Gasteiger partial charge in [-0.05, 0) is 55.3 Å². The van der Waals surface area contributed by atoms with E-state index >= 15 is 0 Å². The summed E-state index contributed by atoms with van der Waals surface area (Å²) in [5.41, 5.74) is 0.611. The van der Waals surface area contributed by atoms with E-state index in [2.05, 4.69) is 6.58 Å². The van der Waals surface area contributed by atoms with Gasteiger partial charge in [-0.1, -0.05) is 23.7 Å². The molecule has 3 rings (SSSR count). The van der Waals surface area contributed by atoms with Crippen molar-refractivity contribution in [3.63, 3.8) is 0 Å². The Labute approximate surface area is 175 Å². The predicted octanol–water partition coefficient (Wildman–Crippen LogP) is 4.06. The van der Waals surface area contributed by atoms with E-state index in [1.807, 2.05) is 0 Å². The molecule has 1 fully saturated rings. The Hall–Kier alpha value is -2.35. The normalized spacial score (nSPS) is 16.4. The quantitative estimate of drug-likeness (QED) is 0.462. The Kier molecular flexibility index (Phi) is 6.95. The molecule has 0 radical (unpaired) electrons. The molecule has 2 aromatic rings. The number of anilines is 1. The van der Waals surface area contributed by atoms with Gasteiger partial charge >= 0.3 is 5.97 Å². The summed E-state index contributed by atoms with van der Waals surface area (Å²) in [6, 6.07) is 12.3. The highest BCUT2D eigenvalue weighted by Gasteiger charge is 2.25. The summed E-state index contributed by atoms with van der Waals surface area (Å²) >= 11 is 5.91. The van der Waals surface area contributed by atoms with Gasteiger partial charge in [0.15, 0.2) is 0 Å². The molecule has 6 nitrogen and oxygen atoms in total. The molecule has 0 aromatic heterocycles. The van der Waals surface area contributed by atoms with Crippen LogP contribution in [-0.4, -0.2) is 40.2 Å². The zero-order valence-electron chi connectivity index (χ0n) is 15.8. The lowest BCUT2D eigenvalue weighted by Crippen LogP contribution is -2.31. The van der Waals surface area contributed by atoms with Crippen LogP contribution in [0.5, 0.6) is 0 Å². The van der Waals surface area contributed by atoms with Crippen molar-refractivity contribution < 1.29 is 22.7 Å². The topological polar surface area (TPSA) is 72.9 Å². The lowest BCUT2D eigenvalue weighted by Gasteiger charge is -2.23.